The summed E-state index contributed by atoms with van der Waals surface area (Å²) in [4.78, 5) is 20.5. The van der Waals surface area contributed by atoms with Crippen molar-refractivity contribution in [2.45, 2.75) is 57.7 Å². The summed E-state index contributed by atoms with van der Waals surface area (Å²) in [6, 6.07) is 12.9. The van der Waals surface area contributed by atoms with Gasteiger partial charge in [-0.1, -0.05) is 48.7 Å². The number of halogens is 2. The molecule has 7 heteroatoms. The molecule has 0 aromatic heterocycles. The summed E-state index contributed by atoms with van der Waals surface area (Å²) in [6.45, 7) is 4.48. The zero-order valence-electron chi connectivity index (χ0n) is 19.1. The lowest BCUT2D eigenvalue weighted by atomic mass is 10.1. The van der Waals surface area contributed by atoms with E-state index in [0.29, 0.717) is 12.6 Å². The van der Waals surface area contributed by atoms with Gasteiger partial charge >= 0.3 is 0 Å². The molecule has 5 rings (SSSR count). The lowest BCUT2D eigenvalue weighted by Crippen LogP contribution is -2.52. The Morgan fingerprint density at radius 3 is 2.55 bits per heavy atom. The van der Waals surface area contributed by atoms with Crippen LogP contribution in [0.15, 0.2) is 36.4 Å². The van der Waals surface area contributed by atoms with Crippen molar-refractivity contribution in [3.05, 3.63) is 57.6 Å². The molecule has 33 heavy (non-hydrogen) atoms. The van der Waals surface area contributed by atoms with Crippen LogP contribution in [0.2, 0.25) is 10.0 Å². The first-order valence-corrected chi connectivity index (χ1v) is 13.9. The number of carbonyl (C=O) groups is 1. The monoisotopic (exact) mass is 503 g/mol. The molecule has 2 aromatic rings. The number of fused-ring (bicyclic) bond motifs is 1. The highest BCUT2D eigenvalue weighted by Gasteiger charge is 2.39. The van der Waals surface area contributed by atoms with Crippen molar-refractivity contribution < 1.29 is 4.79 Å². The molecule has 0 radical (unpaired) electrons. The molecular formula is C26H31Cl2N3OS. The van der Waals surface area contributed by atoms with E-state index in [1.807, 2.05) is 34.9 Å². The predicted molar refractivity (Wildman–Crippen MR) is 141 cm³/mol. The molecule has 0 N–H and O–H groups in total. The molecular weight excluding hydrogens is 473 g/mol. The van der Waals surface area contributed by atoms with Crippen LogP contribution in [-0.4, -0.2) is 47.6 Å². The van der Waals surface area contributed by atoms with Crippen LogP contribution in [0.4, 0.5) is 11.4 Å². The van der Waals surface area contributed by atoms with Gasteiger partial charge in [-0.05, 0) is 61.1 Å². The minimum absolute atomic E-state index is 0.148. The van der Waals surface area contributed by atoms with Crippen molar-refractivity contribution in [2.75, 3.05) is 34.5 Å². The summed E-state index contributed by atoms with van der Waals surface area (Å²) in [5.41, 5.74) is 4.37. The standard InChI is InChI=1S/C26H31Cl2N3OS/c1-2-3-6-18-13-22(28)19(14-21(18)27)15-29-17-33-16-25(29)26(32)31-12-11-30(20-9-10-20)23-7-4-5-8-24(23)31/h4-5,7-8,13-14,20,25H,2-3,6,9-12,15-17H2,1H3/t25-/m0/s1. The van der Waals surface area contributed by atoms with Gasteiger partial charge in [0.15, 0.2) is 0 Å². The van der Waals surface area contributed by atoms with E-state index in [1.165, 1.54) is 18.5 Å². The van der Waals surface area contributed by atoms with Crippen molar-refractivity contribution in [2.24, 2.45) is 0 Å². The number of aryl methyl sites for hydroxylation is 1. The Kier molecular flexibility index (Phi) is 7.12. The van der Waals surface area contributed by atoms with Gasteiger partial charge in [-0.25, -0.2) is 0 Å². The maximum absolute atomic E-state index is 13.8. The molecule has 4 nitrogen and oxygen atoms in total. The van der Waals surface area contributed by atoms with E-state index >= 15 is 0 Å². The zero-order valence-corrected chi connectivity index (χ0v) is 21.4. The number of hydrogen-bond acceptors (Lipinski definition) is 4. The molecule has 2 heterocycles. The van der Waals surface area contributed by atoms with Crippen molar-refractivity contribution in [3.8, 4) is 0 Å². The van der Waals surface area contributed by atoms with Gasteiger partial charge in [0, 0.05) is 47.4 Å². The summed E-state index contributed by atoms with van der Waals surface area (Å²) in [6.07, 6.45) is 5.70. The van der Waals surface area contributed by atoms with Gasteiger partial charge in [0.1, 0.15) is 0 Å². The fourth-order valence-electron chi connectivity index (χ4n) is 4.95. The number of hydrogen-bond donors (Lipinski definition) is 0. The average Bonchev–Trinajstić information content (AvgIpc) is 3.57. The molecule has 1 aliphatic carbocycles. The van der Waals surface area contributed by atoms with E-state index in [1.54, 1.807) is 0 Å². The molecule has 176 valence electrons. The number of anilines is 2. The van der Waals surface area contributed by atoms with Crippen LogP contribution in [0.25, 0.3) is 0 Å². The third-order valence-electron chi connectivity index (χ3n) is 6.95. The van der Waals surface area contributed by atoms with Gasteiger partial charge in [-0.15, -0.1) is 11.8 Å². The minimum atomic E-state index is -0.148. The Hall–Kier alpha value is -1.40. The number of rotatable bonds is 7. The Labute approximate surface area is 211 Å². The van der Waals surface area contributed by atoms with E-state index in [-0.39, 0.29) is 11.9 Å². The van der Waals surface area contributed by atoms with E-state index < -0.39 is 0 Å². The first kappa shape index (κ1) is 23.3. The third kappa shape index (κ3) is 4.88. The minimum Gasteiger partial charge on any atom is -0.365 e. The maximum atomic E-state index is 13.8. The molecule has 1 saturated heterocycles. The van der Waals surface area contributed by atoms with Crippen LogP contribution in [0.1, 0.15) is 43.7 Å². The highest BCUT2D eigenvalue weighted by atomic mass is 35.5. The lowest BCUT2D eigenvalue weighted by molar-refractivity contribution is -0.122. The summed E-state index contributed by atoms with van der Waals surface area (Å²) in [5.74, 6) is 1.83. The quantitative estimate of drug-likeness (QED) is 0.447. The zero-order chi connectivity index (χ0) is 22.9. The van der Waals surface area contributed by atoms with Gasteiger partial charge in [0.25, 0.3) is 0 Å². The molecule has 1 saturated carbocycles. The Balaban J connectivity index is 1.33. The number of benzene rings is 2. The summed E-state index contributed by atoms with van der Waals surface area (Å²) < 4.78 is 0. The van der Waals surface area contributed by atoms with Gasteiger partial charge in [-0.3, -0.25) is 9.69 Å². The van der Waals surface area contributed by atoms with Crippen molar-refractivity contribution in [3.63, 3.8) is 0 Å². The van der Waals surface area contributed by atoms with Gasteiger partial charge in [0.2, 0.25) is 5.91 Å². The first-order valence-electron chi connectivity index (χ1n) is 12.0. The largest absolute Gasteiger partial charge is 0.365 e. The molecule has 2 aliphatic heterocycles. The van der Waals surface area contributed by atoms with Crippen LogP contribution in [-0.2, 0) is 17.8 Å². The molecule has 0 bridgehead atoms. The maximum Gasteiger partial charge on any atom is 0.245 e. The highest BCUT2D eigenvalue weighted by molar-refractivity contribution is 7.99. The first-order chi connectivity index (χ1) is 16.1. The number of thioether (sulfide) groups is 1. The molecule has 0 spiro atoms. The Morgan fingerprint density at radius 1 is 1.06 bits per heavy atom. The van der Waals surface area contributed by atoms with E-state index in [4.69, 9.17) is 23.2 Å². The SMILES string of the molecule is CCCCc1cc(Cl)c(CN2CSC[C@H]2C(=O)N2CCN(C3CC3)c3ccccc32)cc1Cl. The smallest absolute Gasteiger partial charge is 0.245 e. The second-order valence-electron chi connectivity index (χ2n) is 9.30. The number of unbranched alkanes of at least 4 members (excludes halogenated alkanes) is 1. The average molecular weight is 505 g/mol. The highest BCUT2D eigenvalue weighted by Crippen LogP contribution is 2.41. The second kappa shape index (κ2) is 10.1. The fourth-order valence-corrected chi connectivity index (χ4v) is 6.66. The van der Waals surface area contributed by atoms with E-state index in [2.05, 4.69) is 34.9 Å². The van der Waals surface area contributed by atoms with E-state index in [0.717, 1.165) is 70.8 Å². The summed E-state index contributed by atoms with van der Waals surface area (Å²) in [7, 11) is 0. The molecule has 1 atom stereocenters. The Bertz CT molecular complexity index is 1030. The predicted octanol–water partition coefficient (Wildman–Crippen LogP) is 6.23. The topological polar surface area (TPSA) is 26.8 Å². The molecule has 0 unspecified atom stereocenters. The molecule has 2 aromatic carbocycles. The fraction of sp³-hybridized carbons (Fsp3) is 0.500. The number of nitrogens with zero attached hydrogens (tertiary/aromatic N) is 3. The third-order valence-corrected chi connectivity index (χ3v) is 8.72. The van der Waals surface area contributed by atoms with Gasteiger partial charge in [-0.2, -0.15) is 0 Å². The van der Waals surface area contributed by atoms with Crippen LogP contribution in [0.5, 0.6) is 0 Å². The number of amides is 1. The Morgan fingerprint density at radius 2 is 1.79 bits per heavy atom. The van der Waals surface area contributed by atoms with Crippen LogP contribution in [0.3, 0.4) is 0 Å². The van der Waals surface area contributed by atoms with Crippen LogP contribution in [0, 0.1) is 0 Å². The van der Waals surface area contributed by atoms with Gasteiger partial charge < -0.3 is 9.80 Å². The van der Waals surface area contributed by atoms with Gasteiger partial charge in [0.05, 0.1) is 17.4 Å². The van der Waals surface area contributed by atoms with Crippen LogP contribution < -0.4 is 9.80 Å². The van der Waals surface area contributed by atoms with Crippen molar-refractivity contribution in [1.82, 2.24) is 4.90 Å². The number of carbonyl (C=O) groups excluding carboxylic acids is 1. The van der Waals surface area contributed by atoms with E-state index in [9.17, 15) is 4.79 Å². The molecule has 3 aliphatic rings. The summed E-state index contributed by atoms with van der Waals surface area (Å²) in [5, 5.41) is 1.53. The summed E-state index contributed by atoms with van der Waals surface area (Å²) >= 11 is 15.1. The van der Waals surface area contributed by atoms with Crippen LogP contribution >= 0.6 is 35.0 Å². The molecule has 1 amide bonds. The number of para-hydroxylation sites is 2. The lowest BCUT2D eigenvalue weighted by Gasteiger charge is -2.39. The van der Waals surface area contributed by atoms with Crippen molar-refractivity contribution in [1.29, 1.82) is 0 Å². The second-order valence-corrected chi connectivity index (χ2v) is 11.1. The van der Waals surface area contributed by atoms with Crippen molar-refractivity contribution >= 4 is 52.2 Å². The normalized spacial score (nSPS) is 20.9. The molecule has 2 fully saturated rings.